The van der Waals surface area contributed by atoms with Crippen LogP contribution in [0.4, 0.5) is 13.2 Å². The molecule has 128 valence electrons. The van der Waals surface area contributed by atoms with Crippen molar-refractivity contribution in [1.82, 2.24) is 14.6 Å². The van der Waals surface area contributed by atoms with Crippen molar-refractivity contribution >= 4 is 31.6 Å². The average Bonchev–Trinajstić information content (AvgIpc) is 2.85. The number of alkyl halides is 3. The largest absolute Gasteiger partial charge is 0.416 e. The maximum Gasteiger partial charge on any atom is 0.416 e. The molecule has 2 aromatic rings. The molecule has 0 aliphatic carbocycles. The van der Waals surface area contributed by atoms with Crippen LogP contribution in [0.2, 0.25) is 0 Å². The van der Waals surface area contributed by atoms with Crippen molar-refractivity contribution in [2.75, 3.05) is 26.4 Å². The van der Waals surface area contributed by atoms with E-state index in [1.165, 1.54) is 24.5 Å². The van der Waals surface area contributed by atoms with Crippen LogP contribution in [0.1, 0.15) is 10.6 Å². The van der Waals surface area contributed by atoms with Crippen molar-refractivity contribution in [2.45, 2.75) is 12.7 Å². The summed E-state index contributed by atoms with van der Waals surface area (Å²) < 4.78 is 63.7. The van der Waals surface area contributed by atoms with E-state index in [1.807, 2.05) is 0 Å². The van der Waals surface area contributed by atoms with Gasteiger partial charge in [0.1, 0.15) is 5.01 Å². The fourth-order valence-electron chi connectivity index (χ4n) is 1.91. The molecule has 0 fully saturated rings. The minimum Gasteiger partial charge on any atom is -0.299 e. The molecule has 0 bridgehead atoms. The van der Waals surface area contributed by atoms with E-state index in [0.717, 1.165) is 12.1 Å². The van der Waals surface area contributed by atoms with Gasteiger partial charge in [0.2, 0.25) is 10.0 Å². The average molecular weight is 367 g/mol. The molecule has 0 atom stereocenters. The summed E-state index contributed by atoms with van der Waals surface area (Å²) in [7, 11) is -0.204. The summed E-state index contributed by atoms with van der Waals surface area (Å²) in [6.45, 7) is 0.673. The summed E-state index contributed by atoms with van der Waals surface area (Å²) in [5.41, 5.74) is -0.425. The third-order valence-corrected chi connectivity index (χ3v) is 5.58. The number of hydrogen-bond acceptors (Lipinski definition) is 5. The van der Waals surface area contributed by atoms with E-state index in [1.54, 1.807) is 11.9 Å². The molecule has 0 saturated carbocycles. The van der Waals surface area contributed by atoms with E-state index >= 15 is 0 Å². The molecule has 0 spiro atoms. The summed E-state index contributed by atoms with van der Waals surface area (Å²) in [6, 6.07) is 3.47. The molecule has 0 radical (unpaired) electrons. The SMILES string of the molecule is CNS(=O)(=O)CCN(C)Cc1nc2cc(C(F)(F)F)ccc2s1. The van der Waals surface area contributed by atoms with Crippen molar-refractivity contribution in [3.63, 3.8) is 0 Å². The van der Waals surface area contributed by atoms with Gasteiger partial charge in [-0.05, 0) is 32.3 Å². The lowest BCUT2D eigenvalue weighted by molar-refractivity contribution is -0.137. The Morgan fingerprint density at radius 1 is 1.35 bits per heavy atom. The third-order valence-electron chi connectivity index (χ3n) is 3.22. The fraction of sp³-hybridized carbons (Fsp3) is 0.462. The molecule has 5 nitrogen and oxygen atoms in total. The van der Waals surface area contributed by atoms with E-state index in [-0.39, 0.29) is 5.75 Å². The summed E-state index contributed by atoms with van der Waals surface area (Å²) >= 11 is 1.30. The van der Waals surface area contributed by atoms with Crippen LogP contribution in [0, 0.1) is 0 Å². The Bertz CT molecular complexity index is 787. The van der Waals surface area contributed by atoms with Gasteiger partial charge in [0.25, 0.3) is 0 Å². The first-order valence-corrected chi connectivity index (χ1v) is 9.14. The standard InChI is InChI=1S/C13H16F3N3O2S2/c1-17-23(20,21)6-5-19(2)8-12-18-10-7-9(13(14,15)16)3-4-11(10)22-12/h3-4,7,17H,5-6,8H2,1-2H3. The highest BCUT2D eigenvalue weighted by molar-refractivity contribution is 7.89. The van der Waals surface area contributed by atoms with Gasteiger partial charge in [0.05, 0.1) is 28.1 Å². The van der Waals surface area contributed by atoms with Gasteiger partial charge >= 0.3 is 6.18 Å². The maximum absolute atomic E-state index is 12.7. The Hall–Kier alpha value is -1.23. The first-order valence-electron chi connectivity index (χ1n) is 6.67. The highest BCUT2D eigenvalue weighted by Crippen LogP contribution is 2.33. The predicted molar refractivity (Wildman–Crippen MR) is 83.8 cm³/mol. The van der Waals surface area contributed by atoms with E-state index in [2.05, 4.69) is 9.71 Å². The van der Waals surface area contributed by atoms with Gasteiger partial charge in [-0.3, -0.25) is 4.90 Å². The number of hydrogen-bond donors (Lipinski definition) is 1. The van der Waals surface area contributed by atoms with Crippen LogP contribution >= 0.6 is 11.3 Å². The third kappa shape index (κ3) is 4.87. The van der Waals surface area contributed by atoms with Crippen molar-refractivity contribution in [1.29, 1.82) is 0 Å². The number of aromatic nitrogens is 1. The second-order valence-electron chi connectivity index (χ2n) is 5.05. The zero-order chi connectivity index (χ0) is 17.3. The van der Waals surface area contributed by atoms with Gasteiger partial charge in [0.15, 0.2) is 0 Å². The lowest BCUT2D eigenvalue weighted by Gasteiger charge is -2.14. The van der Waals surface area contributed by atoms with Crippen LogP contribution in [0.5, 0.6) is 0 Å². The highest BCUT2D eigenvalue weighted by atomic mass is 32.2. The number of sulfonamides is 1. The number of nitrogens with zero attached hydrogens (tertiary/aromatic N) is 2. The molecule has 0 unspecified atom stereocenters. The van der Waals surface area contributed by atoms with E-state index < -0.39 is 21.8 Å². The number of rotatable bonds is 6. The molecule has 1 aromatic heterocycles. The molecule has 0 saturated heterocycles. The fourth-order valence-corrected chi connectivity index (χ4v) is 3.69. The zero-order valence-electron chi connectivity index (χ0n) is 12.5. The molecular weight excluding hydrogens is 351 g/mol. The molecule has 0 aliphatic rings. The minimum absolute atomic E-state index is 0.0525. The van der Waals surface area contributed by atoms with E-state index in [0.29, 0.717) is 28.3 Å². The molecule has 23 heavy (non-hydrogen) atoms. The van der Waals surface area contributed by atoms with E-state index in [9.17, 15) is 21.6 Å². The molecule has 1 heterocycles. The maximum atomic E-state index is 12.7. The lowest BCUT2D eigenvalue weighted by atomic mass is 10.2. The topological polar surface area (TPSA) is 62.3 Å². The quantitative estimate of drug-likeness (QED) is 0.851. The molecule has 0 amide bonds. The molecule has 2 rings (SSSR count). The first-order chi connectivity index (χ1) is 10.6. The van der Waals surface area contributed by atoms with Crippen LogP contribution in [-0.4, -0.2) is 44.7 Å². The Morgan fingerprint density at radius 2 is 2.04 bits per heavy atom. The smallest absolute Gasteiger partial charge is 0.299 e. The number of nitrogens with one attached hydrogen (secondary N) is 1. The molecule has 0 aliphatic heterocycles. The molecule has 10 heteroatoms. The van der Waals surface area contributed by atoms with Crippen molar-refractivity contribution in [2.24, 2.45) is 0 Å². The zero-order valence-corrected chi connectivity index (χ0v) is 14.1. The van der Waals surface area contributed by atoms with Gasteiger partial charge < -0.3 is 0 Å². The monoisotopic (exact) mass is 367 g/mol. The van der Waals surface area contributed by atoms with Crippen LogP contribution < -0.4 is 4.72 Å². The van der Waals surface area contributed by atoms with Crippen LogP contribution in [0.3, 0.4) is 0 Å². The number of thiazole rings is 1. The van der Waals surface area contributed by atoms with Gasteiger partial charge in [-0.2, -0.15) is 13.2 Å². The van der Waals surface area contributed by atoms with Crippen molar-refractivity contribution < 1.29 is 21.6 Å². The highest BCUT2D eigenvalue weighted by Gasteiger charge is 2.30. The molecular formula is C13H16F3N3O2S2. The number of benzene rings is 1. The van der Waals surface area contributed by atoms with Crippen LogP contribution in [0.15, 0.2) is 18.2 Å². The summed E-state index contributed by atoms with van der Waals surface area (Å²) in [5.74, 6) is -0.0525. The van der Waals surface area contributed by atoms with Crippen LogP contribution in [0.25, 0.3) is 10.2 Å². The van der Waals surface area contributed by atoms with Gasteiger partial charge in [-0.1, -0.05) is 0 Å². The molecule has 1 N–H and O–H groups in total. The van der Waals surface area contributed by atoms with Gasteiger partial charge in [0, 0.05) is 6.54 Å². The van der Waals surface area contributed by atoms with E-state index in [4.69, 9.17) is 0 Å². The summed E-state index contributed by atoms with van der Waals surface area (Å²) in [5, 5.41) is 0.642. The Morgan fingerprint density at radius 3 is 2.65 bits per heavy atom. The lowest BCUT2D eigenvalue weighted by Crippen LogP contribution is -2.30. The second-order valence-corrected chi connectivity index (χ2v) is 8.21. The predicted octanol–water partition coefficient (Wildman–Crippen LogP) is 2.30. The minimum atomic E-state index is -4.39. The van der Waals surface area contributed by atoms with Crippen molar-refractivity contribution in [3.05, 3.63) is 28.8 Å². The van der Waals surface area contributed by atoms with Gasteiger partial charge in [-0.25, -0.2) is 18.1 Å². The normalized spacial score (nSPS) is 13.1. The summed E-state index contributed by atoms with van der Waals surface area (Å²) in [6.07, 6.45) is -4.39. The Balaban J connectivity index is 2.09. The van der Waals surface area contributed by atoms with Crippen LogP contribution in [-0.2, 0) is 22.7 Å². The summed E-state index contributed by atoms with van der Waals surface area (Å²) in [4.78, 5) is 5.96. The number of fused-ring (bicyclic) bond motifs is 1. The molecule has 1 aromatic carbocycles. The van der Waals surface area contributed by atoms with Gasteiger partial charge in [-0.15, -0.1) is 11.3 Å². The Labute approximate surface area is 136 Å². The van der Waals surface area contributed by atoms with Crippen molar-refractivity contribution in [3.8, 4) is 0 Å². The second kappa shape index (κ2) is 6.71. The Kier molecular flexibility index (Phi) is 5.29. The number of halogens is 3. The first kappa shape index (κ1) is 18.1.